The van der Waals surface area contributed by atoms with Crippen LogP contribution in [-0.2, 0) is 6.42 Å². The number of nitrogens with zero attached hydrogens (tertiary/aromatic N) is 2. The van der Waals surface area contributed by atoms with Gasteiger partial charge in [-0.1, -0.05) is 0 Å². The van der Waals surface area contributed by atoms with Gasteiger partial charge in [0.1, 0.15) is 5.76 Å². The molecule has 2 aliphatic rings. The third-order valence-electron chi connectivity index (χ3n) is 3.43. The number of aryl methyl sites for hydroxylation is 1. The van der Waals surface area contributed by atoms with Crippen LogP contribution < -0.4 is 10.7 Å². The van der Waals surface area contributed by atoms with Crippen molar-refractivity contribution in [2.24, 2.45) is 0 Å². The molecule has 6 nitrogen and oxygen atoms in total. The van der Waals surface area contributed by atoms with E-state index in [4.69, 9.17) is 4.42 Å². The van der Waals surface area contributed by atoms with E-state index in [0.717, 1.165) is 11.3 Å². The minimum absolute atomic E-state index is 0.108. The molecule has 6 heteroatoms. The quantitative estimate of drug-likeness (QED) is 0.794. The number of amides is 1. The van der Waals surface area contributed by atoms with Crippen molar-refractivity contribution in [1.82, 2.24) is 15.3 Å². The average Bonchev–Trinajstić information content (AvgIpc) is 2.55. The van der Waals surface area contributed by atoms with Crippen molar-refractivity contribution in [3.05, 3.63) is 70.1 Å². The highest BCUT2D eigenvalue weighted by Gasteiger charge is 2.12. The monoisotopic (exact) mass is 309 g/mol. The molecule has 0 saturated carbocycles. The zero-order valence-electron chi connectivity index (χ0n) is 12.6. The number of aromatic nitrogens is 2. The van der Waals surface area contributed by atoms with Crippen LogP contribution in [0.5, 0.6) is 0 Å². The lowest BCUT2D eigenvalue weighted by molar-refractivity contribution is 0.0953. The molecule has 0 radical (unpaired) electrons. The molecule has 0 fully saturated rings. The molecule has 2 heterocycles. The fourth-order valence-corrected chi connectivity index (χ4v) is 2.28. The van der Waals surface area contributed by atoms with E-state index in [-0.39, 0.29) is 11.3 Å². The molecular weight excluding hydrogens is 294 g/mol. The Morgan fingerprint density at radius 2 is 2.00 bits per heavy atom. The number of nitrogens with one attached hydrogen (secondary N) is 1. The minimum atomic E-state index is -0.174. The molecule has 1 aliphatic carbocycles. The van der Waals surface area contributed by atoms with E-state index < -0.39 is 0 Å². The summed E-state index contributed by atoms with van der Waals surface area (Å²) in [5, 5.41) is 2.80. The Bertz CT molecular complexity index is 859. The number of fused-ring (bicyclic) bond motifs is 1. The lowest BCUT2D eigenvalue weighted by atomic mass is 10.1. The molecule has 0 unspecified atom stereocenters. The number of rotatable bonds is 4. The number of hydrogen-bond acceptors (Lipinski definition) is 5. The smallest absolute Gasteiger partial charge is 0.251 e. The van der Waals surface area contributed by atoms with Crippen LogP contribution in [0.1, 0.15) is 21.9 Å². The van der Waals surface area contributed by atoms with E-state index in [1.165, 1.54) is 12.1 Å². The van der Waals surface area contributed by atoms with Gasteiger partial charge < -0.3 is 9.73 Å². The SMILES string of the molecule is Cc1nc(CCNC(=O)c2ccncc2)oc2cc(=O)ccc1-2. The van der Waals surface area contributed by atoms with Gasteiger partial charge in [-0.3, -0.25) is 14.6 Å². The van der Waals surface area contributed by atoms with E-state index in [1.807, 2.05) is 6.92 Å². The maximum atomic E-state index is 11.9. The first-order valence-electron chi connectivity index (χ1n) is 7.22. The Kier molecular flexibility index (Phi) is 4.14. The van der Waals surface area contributed by atoms with E-state index in [9.17, 15) is 9.59 Å². The number of benzene rings is 1. The van der Waals surface area contributed by atoms with Crippen LogP contribution in [0.25, 0.3) is 11.3 Å². The summed E-state index contributed by atoms with van der Waals surface area (Å²) in [5.74, 6) is 0.822. The zero-order valence-corrected chi connectivity index (χ0v) is 12.6. The van der Waals surface area contributed by atoms with Crippen LogP contribution in [0.3, 0.4) is 0 Å². The highest BCUT2D eigenvalue weighted by atomic mass is 16.3. The van der Waals surface area contributed by atoms with Gasteiger partial charge in [0.25, 0.3) is 5.91 Å². The average molecular weight is 309 g/mol. The van der Waals surface area contributed by atoms with Gasteiger partial charge in [0.15, 0.2) is 11.3 Å². The molecule has 3 rings (SSSR count). The normalized spacial score (nSPS) is 10.7. The van der Waals surface area contributed by atoms with E-state index in [1.54, 1.807) is 30.6 Å². The summed E-state index contributed by atoms with van der Waals surface area (Å²) in [4.78, 5) is 31.6. The van der Waals surface area contributed by atoms with Crippen molar-refractivity contribution in [2.45, 2.75) is 13.3 Å². The molecule has 0 atom stereocenters. The molecule has 1 aromatic rings. The predicted octanol–water partition coefficient (Wildman–Crippen LogP) is 1.82. The van der Waals surface area contributed by atoms with Crippen molar-refractivity contribution >= 4 is 5.91 Å². The van der Waals surface area contributed by atoms with Gasteiger partial charge >= 0.3 is 0 Å². The first-order valence-corrected chi connectivity index (χ1v) is 7.22. The minimum Gasteiger partial charge on any atom is -0.442 e. The fraction of sp³-hybridized carbons (Fsp3) is 0.176. The molecular formula is C17H15N3O3. The van der Waals surface area contributed by atoms with Gasteiger partial charge in [-0.25, -0.2) is 4.98 Å². The largest absolute Gasteiger partial charge is 0.442 e. The summed E-state index contributed by atoms with van der Waals surface area (Å²) in [7, 11) is 0. The Morgan fingerprint density at radius 3 is 2.78 bits per heavy atom. The van der Waals surface area contributed by atoms with Gasteiger partial charge in [-0.15, -0.1) is 0 Å². The Balaban J connectivity index is 1.69. The van der Waals surface area contributed by atoms with Crippen LogP contribution in [0.4, 0.5) is 0 Å². The third kappa shape index (κ3) is 3.42. The van der Waals surface area contributed by atoms with Gasteiger partial charge in [0, 0.05) is 42.6 Å². The van der Waals surface area contributed by atoms with Crippen LogP contribution >= 0.6 is 0 Å². The molecule has 0 aromatic carbocycles. The molecule has 0 spiro atoms. The van der Waals surface area contributed by atoms with Crippen LogP contribution in [-0.4, -0.2) is 22.4 Å². The first-order chi connectivity index (χ1) is 11.1. The number of carbonyl (C=O) groups is 1. The highest BCUT2D eigenvalue weighted by Crippen LogP contribution is 2.23. The van der Waals surface area contributed by atoms with E-state index in [2.05, 4.69) is 15.3 Å². The van der Waals surface area contributed by atoms with Crippen LogP contribution in [0.15, 0.2) is 51.9 Å². The van der Waals surface area contributed by atoms with E-state index in [0.29, 0.717) is 30.2 Å². The molecule has 1 aliphatic heterocycles. The topological polar surface area (TPSA) is 85.1 Å². The fourth-order valence-electron chi connectivity index (χ4n) is 2.28. The Morgan fingerprint density at radius 1 is 1.22 bits per heavy atom. The molecule has 1 aromatic heterocycles. The van der Waals surface area contributed by atoms with Crippen LogP contribution in [0.2, 0.25) is 0 Å². The third-order valence-corrected chi connectivity index (χ3v) is 3.43. The summed E-state index contributed by atoms with van der Waals surface area (Å²) < 4.78 is 5.64. The second kappa shape index (κ2) is 6.39. The highest BCUT2D eigenvalue weighted by molar-refractivity contribution is 5.93. The summed E-state index contributed by atoms with van der Waals surface area (Å²) in [6.45, 7) is 2.25. The zero-order chi connectivity index (χ0) is 16.2. The van der Waals surface area contributed by atoms with E-state index >= 15 is 0 Å². The predicted molar refractivity (Wildman–Crippen MR) is 84.4 cm³/mol. The van der Waals surface area contributed by atoms with Crippen molar-refractivity contribution in [3.8, 4) is 11.3 Å². The second-order valence-electron chi connectivity index (χ2n) is 5.09. The second-order valence-corrected chi connectivity index (χ2v) is 5.09. The van der Waals surface area contributed by atoms with Crippen LogP contribution in [0, 0.1) is 6.92 Å². The molecule has 23 heavy (non-hydrogen) atoms. The van der Waals surface area contributed by atoms with Crippen molar-refractivity contribution < 1.29 is 9.21 Å². The Hall–Kier alpha value is -3.02. The lowest BCUT2D eigenvalue weighted by Gasteiger charge is -2.10. The summed E-state index contributed by atoms with van der Waals surface area (Å²) in [5.41, 5.74) is 2.05. The van der Waals surface area contributed by atoms with Gasteiger partial charge in [-0.05, 0) is 31.2 Å². The summed E-state index contributed by atoms with van der Waals surface area (Å²) in [6.07, 6.45) is 3.58. The lowest BCUT2D eigenvalue weighted by Crippen LogP contribution is -2.26. The van der Waals surface area contributed by atoms with Gasteiger partial charge in [0.05, 0.1) is 5.69 Å². The van der Waals surface area contributed by atoms with Crippen molar-refractivity contribution in [1.29, 1.82) is 0 Å². The molecule has 1 amide bonds. The van der Waals surface area contributed by atoms with Crippen molar-refractivity contribution in [2.75, 3.05) is 6.54 Å². The maximum absolute atomic E-state index is 11.9. The Labute approximate surface area is 132 Å². The summed E-state index contributed by atoms with van der Waals surface area (Å²) in [6, 6.07) is 7.94. The first kappa shape index (κ1) is 14.9. The molecule has 0 bridgehead atoms. The molecule has 1 N–H and O–H groups in total. The number of hydrogen-bond donors (Lipinski definition) is 1. The van der Waals surface area contributed by atoms with Gasteiger partial charge in [-0.2, -0.15) is 0 Å². The van der Waals surface area contributed by atoms with Crippen molar-refractivity contribution in [3.63, 3.8) is 0 Å². The number of carbonyl (C=O) groups excluding carboxylic acids is 1. The maximum Gasteiger partial charge on any atom is 0.251 e. The standard InChI is InChI=1S/C17H15N3O3/c1-11-14-3-2-13(21)10-15(14)23-16(20-11)6-9-19-17(22)12-4-7-18-8-5-12/h2-5,7-8,10H,6,9H2,1H3,(H,19,22). The van der Waals surface area contributed by atoms with Gasteiger partial charge in [0.2, 0.25) is 0 Å². The number of pyridine rings is 1. The molecule has 116 valence electrons. The summed E-state index contributed by atoms with van der Waals surface area (Å²) >= 11 is 0. The molecule has 0 saturated heterocycles.